The van der Waals surface area contributed by atoms with E-state index < -0.39 is 11.4 Å². The highest BCUT2D eigenvalue weighted by Gasteiger charge is 2.35. The largest absolute Gasteiger partial charge is 0.481 e. The van der Waals surface area contributed by atoms with Crippen LogP contribution < -0.4 is 0 Å². The van der Waals surface area contributed by atoms with Gasteiger partial charge in [0, 0.05) is 19.1 Å². The maximum atomic E-state index is 11.5. The summed E-state index contributed by atoms with van der Waals surface area (Å²) in [5.74, 6) is -0.658. The molecule has 1 aliphatic heterocycles. The van der Waals surface area contributed by atoms with Crippen LogP contribution in [-0.2, 0) is 4.79 Å². The van der Waals surface area contributed by atoms with Crippen molar-refractivity contribution in [3.8, 4) is 0 Å². The first-order valence-corrected chi connectivity index (χ1v) is 7.05. The van der Waals surface area contributed by atoms with E-state index in [0.717, 1.165) is 38.9 Å². The van der Waals surface area contributed by atoms with Crippen LogP contribution in [0.4, 0.5) is 0 Å². The van der Waals surface area contributed by atoms with Crippen molar-refractivity contribution in [3.05, 3.63) is 0 Å². The first-order chi connectivity index (χ1) is 8.39. The Morgan fingerprint density at radius 2 is 2.11 bits per heavy atom. The zero-order valence-electron chi connectivity index (χ0n) is 12.3. The summed E-state index contributed by atoms with van der Waals surface area (Å²) in [5, 5.41) is 9.47. The number of hydrogen-bond acceptors (Lipinski definition) is 3. The van der Waals surface area contributed by atoms with E-state index >= 15 is 0 Å². The first-order valence-electron chi connectivity index (χ1n) is 7.05. The summed E-state index contributed by atoms with van der Waals surface area (Å²) in [5.41, 5.74) is -0.605. The second-order valence-electron chi connectivity index (χ2n) is 6.05. The molecule has 1 heterocycles. The number of nitrogens with zero attached hydrogens (tertiary/aromatic N) is 2. The molecule has 0 spiro atoms. The third kappa shape index (κ3) is 3.95. The molecule has 0 aliphatic carbocycles. The second kappa shape index (κ2) is 6.53. The summed E-state index contributed by atoms with van der Waals surface area (Å²) < 4.78 is 0. The van der Waals surface area contributed by atoms with Gasteiger partial charge in [-0.05, 0) is 46.8 Å². The van der Waals surface area contributed by atoms with E-state index in [1.165, 1.54) is 0 Å². The van der Waals surface area contributed by atoms with Gasteiger partial charge in [-0.3, -0.25) is 9.69 Å². The molecular formula is C14H28N2O2. The Balaban J connectivity index is 2.70. The van der Waals surface area contributed by atoms with Crippen LogP contribution in [0.3, 0.4) is 0 Å². The van der Waals surface area contributed by atoms with E-state index in [4.69, 9.17) is 0 Å². The van der Waals surface area contributed by atoms with E-state index in [2.05, 4.69) is 30.7 Å². The Morgan fingerprint density at radius 1 is 1.44 bits per heavy atom. The number of hydrogen-bond donors (Lipinski definition) is 1. The van der Waals surface area contributed by atoms with Gasteiger partial charge in [0.05, 0.1) is 5.41 Å². The predicted molar refractivity (Wildman–Crippen MR) is 73.8 cm³/mol. The van der Waals surface area contributed by atoms with Gasteiger partial charge in [0.1, 0.15) is 0 Å². The maximum Gasteiger partial charge on any atom is 0.310 e. The summed E-state index contributed by atoms with van der Waals surface area (Å²) >= 11 is 0. The minimum atomic E-state index is -0.658. The summed E-state index contributed by atoms with van der Waals surface area (Å²) in [6, 6.07) is 0.438. The lowest BCUT2D eigenvalue weighted by Crippen LogP contribution is -2.46. The average molecular weight is 256 g/mol. The Kier molecular flexibility index (Phi) is 5.60. The molecule has 0 saturated carbocycles. The van der Waals surface area contributed by atoms with Crippen molar-refractivity contribution in [2.75, 3.05) is 33.2 Å². The van der Waals surface area contributed by atoms with E-state index in [1.807, 2.05) is 6.92 Å². The molecule has 0 aromatic carbocycles. The zero-order valence-corrected chi connectivity index (χ0v) is 12.3. The SMILES string of the molecule is CCCC(C)(CN1CCCN(C)CC1C)C(=O)O. The molecule has 1 aliphatic rings. The number of aliphatic carboxylic acids is 1. The van der Waals surface area contributed by atoms with Crippen LogP contribution >= 0.6 is 0 Å². The van der Waals surface area contributed by atoms with Gasteiger partial charge in [0.25, 0.3) is 0 Å². The lowest BCUT2D eigenvalue weighted by atomic mass is 9.84. The fourth-order valence-electron chi connectivity index (χ4n) is 2.91. The molecule has 106 valence electrons. The van der Waals surface area contributed by atoms with Gasteiger partial charge in [-0.1, -0.05) is 13.3 Å². The Bertz CT molecular complexity index is 283. The van der Waals surface area contributed by atoms with E-state index in [-0.39, 0.29) is 0 Å². The molecule has 4 nitrogen and oxygen atoms in total. The van der Waals surface area contributed by atoms with Gasteiger partial charge < -0.3 is 10.0 Å². The normalized spacial score (nSPS) is 26.6. The van der Waals surface area contributed by atoms with Gasteiger partial charge in [-0.25, -0.2) is 0 Å². The van der Waals surface area contributed by atoms with Crippen LogP contribution in [0.5, 0.6) is 0 Å². The van der Waals surface area contributed by atoms with Crippen molar-refractivity contribution in [2.24, 2.45) is 5.41 Å². The molecule has 2 atom stereocenters. The van der Waals surface area contributed by atoms with Crippen molar-refractivity contribution in [3.63, 3.8) is 0 Å². The molecule has 1 saturated heterocycles. The molecule has 18 heavy (non-hydrogen) atoms. The number of carboxylic acids is 1. The highest BCUT2D eigenvalue weighted by Crippen LogP contribution is 2.26. The number of rotatable bonds is 5. The quantitative estimate of drug-likeness (QED) is 0.816. The topological polar surface area (TPSA) is 43.8 Å². The van der Waals surface area contributed by atoms with E-state index in [0.29, 0.717) is 12.6 Å². The number of carbonyl (C=O) groups is 1. The fraction of sp³-hybridized carbons (Fsp3) is 0.929. The molecule has 0 bridgehead atoms. The van der Waals surface area contributed by atoms with Crippen LogP contribution in [0.2, 0.25) is 0 Å². The average Bonchev–Trinajstić information content (AvgIpc) is 2.41. The van der Waals surface area contributed by atoms with Crippen molar-refractivity contribution in [1.29, 1.82) is 0 Å². The minimum absolute atomic E-state index is 0.438. The third-order valence-electron chi connectivity index (χ3n) is 4.05. The van der Waals surface area contributed by atoms with Crippen LogP contribution in [0, 0.1) is 5.41 Å². The first kappa shape index (κ1) is 15.4. The molecule has 0 radical (unpaired) electrons. The molecule has 0 aromatic rings. The second-order valence-corrected chi connectivity index (χ2v) is 6.05. The molecule has 1 rings (SSSR count). The Labute approximate surface area is 111 Å². The standard InChI is InChI=1S/C14H28N2O2/c1-5-7-14(3,13(17)18)11-16-9-6-8-15(4)10-12(16)2/h12H,5-11H2,1-4H3,(H,17,18). The van der Waals surface area contributed by atoms with Gasteiger partial charge in [0.15, 0.2) is 0 Å². The highest BCUT2D eigenvalue weighted by molar-refractivity contribution is 5.74. The molecule has 0 amide bonds. The summed E-state index contributed by atoms with van der Waals surface area (Å²) in [7, 11) is 2.14. The van der Waals surface area contributed by atoms with Crippen molar-refractivity contribution >= 4 is 5.97 Å². The van der Waals surface area contributed by atoms with Crippen LogP contribution in [0.1, 0.15) is 40.0 Å². The van der Waals surface area contributed by atoms with Crippen molar-refractivity contribution in [1.82, 2.24) is 9.80 Å². The van der Waals surface area contributed by atoms with Crippen molar-refractivity contribution in [2.45, 2.75) is 46.1 Å². The fourth-order valence-corrected chi connectivity index (χ4v) is 2.91. The smallest absolute Gasteiger partial charge is 0.310 e. The number of likely N-dealkylation sites (N-methyl/N-ethyl adjacent to an activating group) is 1. The molecule has 2 unspecified atom stereocenters. The van der Waals surface area contributed by atoms with E-state index in [1.54, 1.807) is 0 Å². The lowest BCUT2D eigenvalue weighted by molar-refractivity contribution is -0.150. The third-order valence-corrected chi connectivity index (χ3v) is 4.05. The highest BCUT2D eigenvalue weighted by atomic mass is 16.4. The zero-order chi connectivity index (χ0) is 13.8. The van der Waals surface area contributed by atoms with Crippen LogP contribution in [0.25, 0.3) is 0 Å². The van der Waals surface area contributed by atoms with Gasteiger partial charge in [0.2, 0.25) is 0 Å². The Hall–Kier alpha value is -0.610. The summed E-state index contributed by atoms with van der Waals surface area (Å²) in [6.45, 7) is 9.97. The molecule has 4 heteroatoms. The summed E-state index contributed by atoms with van der Waals surface area (Å²) in [6.07, 6.45) is 2.80. The van der Waals surface area contributed by atoms with Crippen LogP contribution in [-0.4, -0.2) is 60.1 Å². The molecule has 1 N–H and O–H groups in total. The minimum Gasteiger partial charge on any atom is -0.481 e. The summed E-state index contributed by atoms with van der Waals surface area (Å²) in [4.78, 5) is 16.2. The van der Waals surface area contributed by atoms with Gasteiger partial charge >= 0.3 is 5.97 Å². The maximum absolute atomic E-state index is 11.5. The number of carboxylic acid groups (broad SMARTS) is 1. The molecule has 1 fully saturated rings. The monoisotopic (exact) mass is 256 g/mol. The Morgan fingerprint density at radius 3 is 2.67 bits per heavy atom. The molecule has 0 aromatic heterocycles. The lowest BCUT2D eigenvalue weighted by Gasteiger charge is -2.35. The van der Waals surface area contributed by atoms with Gasteiger partial charge in [-0.15, -0.1) is 0 Å². The molecular weight excluding hydrogens is 228 g/mol. The predicted octanol–water partition coefficient (Wildman–Crippen LogP) is 1.90. The van der Waals surface area contributed by atoms with E-state index in [9.17, 15) is 9.90 Å². The van der Waals surface area contributed by atoms with Gasteiger partial charge in [-0.2, -0.15) is 0 Å². The van der Waals surface area contributed by atoms with Crippen molar-refractivity contribution < 1.29 is 9.90 Å². The van der Waals surface area contributed by atoms with Crippen LogP contribution in [0.15, 0.2) is 0 Å².